The molecule has 0 aliphatic rings. The zero-order valence-corrected chi connectivity index (χ0v) is 17.5. The Bertz CT molecular complexity index is 900. The first kappa shape index (κ1) is 22.6. The van der Waals surface area contributed by atoms with Crippen LogP contribution in [-0.2, 0) is 22.6 Å². The number of carbonyl (C=O) groups is 2. The number of amides is 2. The number of nitrogens with zero attached hydrogens (tertiary/aromatic N) is 2. The quantitative estimate of drug-likeness (QED) is 0.498. The van der Waals surface area contributed by atoms with E-state index in [1.54, 1.807) is 38.1 Å². The molecule has 7 nitrogen and oxygen atoms in total. The zero-order valence-electron chi connectivity index (χ0n) is 16.0. The van der Waals surface area contributed by atoms with Crippen LogP contribution in [0.2, 0.25) is 10.0 Å². The maximum Gasteiger partial charge on any atom is 0.273 e. The van der Waals surface area contributed by atoms with Crippen LogP contribution < -0.4 is 5.32 Å². The molecule has 0 unspecified atom stereocenters. The minimum Gasteiger partial charge on any atom is -0.355 e. The second-order valence-electron chi connectivity index (χ2n) is 6.36. The summed E-state index contributed by atoms with van der Waals surface area (Å²) in [5, 5.41) is 14.7. The van der Waals surface area contributed by atoms with Crippen molar-refractivity contribution >= 4 is 40.7 Å². The molecule has 0 aliphatic heterocycles. The van der Waals surface area contributed by atoms with Crippen LogP contribution in [0.15, 0.2) is 42.5 Å². The third kappa shape index (κ3) is 5.68. The molecule has 0 fully saturated rings. The van der Waals surface area contributed by atoms with E-state index in [1.807, 2.05) is 0 Å². The molecular formula is C20H21Cl2N3O4. The number of hydrogen-bond acceptors (Lipinski definition) is 4. The molecule has 0 aromatic heterocycles. The van der Waals surface area contributed by atoms with E-state index in [1.165, 1.54) is 23.1 Å². The molecule has 2 aromatic carbocycles. The largest absolute Gasteiger partial charge is 0.355 e. The van der Waals surface area contributed by atoms with Crippen molar-refractivity contribution in [3.63, 3.8) is 0 Å². The van der Waals surface area contributed by atoms with Gasteiger partial charge >= 0.3 is 0 Å². The Labute approximate surface area is 178 Å². The first-order valence-electron chi connectivity index (χ1n) is 8.98. The van der Waals surface area contributed by atoms with Gasteiger partial charge in [-0.3, -0.25) is 19.7 Å². The highest BCUT2D eigenvalue weighted by molar-refractivity contribution is 6.36. The van der Waals surface area contributed by atoms with E-state index in [0.717, 1.165) is 0 Å². The minimum atomic E-state index is -0.822. The molecule has 0 saturated heterocycles. The van der Waals surface area contributed by atoms with Crippen molar-refractivity contribution in [3.05, 3.63) is 73.8 Å². The van der Waals surface area contributed by atoms with E-state index in [2.05, 4.69) is 5.32 Å². The smallest absolute Gasteiger partial charge is 0.273 e. The van der Waals surface area contributed by atoms with Gasteiger partial charge in [-0.1, -0.05) is 47.5 Å². The predicted molar refractivity (Wildman–Crippen MR) is 112 cm³/mol. The lowest BCUT2D eigenvalue weighted by Crippen LogP contribution is -2.48. The van der Waals surface area contributed by atoms with E-state index in [-0.39, 0.29) is 30.1 Å². The SMILES string of the molecule is CCNC(=O)[C@@H](C)N(Cc1c(Cl)cccc1Cl)C(=O)Cc1ccccc1[N+](=O)[O-]. The molecule has 0 spiro atoms. The number of likely N-dealkylation sites (N-methyl/N-ethyl adjacent to an activating group) is 1. The van der Waals surface area contributed by atoms with Gasteiger partial charge in [-0.15, -0.1) is 0 Å². The van der Waals surface area contributed by atoms with Gasteiger partial charge in [-0.25, -0.2) is 0 Å². The van der Waals surface area contributed by atoms with Gasteiger partial charge in [0.25, 0.3) is 5.69 Å². The predicted octanol–water partition coefficient (Wildman–Crippen LogP) is 4.00. The van der Waals surface area contributed by atoms with Gasteiger partial charge in [0.15, 0.2) is 0 Å². The van der Waals surface area contributed by atoms with Gasteiger partial charge in [0.05, 0.1) is 11.3 Å². The van der Waals surface area contributed by atoms with E-state index < -0.39 is 16.9 Å². The average Bonchev–Trinajstić information content (AvgIpc) is 2.67. The molecular weight excluding hydrogens is 417 g/mol. The van der Waals surface area contributed by atoms with Crippen LogP contribution in [0.3, 0.4) is 0 Å². The summed E-state index contributed by atoms with van der Waals surface area (Å²) in [5.41, 5.74) is 0.617. The van der Waals surface area contributed by atoms with Crippen molar-refractivity contribution in [1.29, 1.82) is 0 Å². The molecule has 1 atom stereocenters. The Kier molecular flexibility index (Phi) is 7.99. The molecule has 2 rings (SSSR count). The van der Waals surface area contributed by atoms with E-state index >= 15 is 0 Å². The summed E-state index contributed by atoms with van der Waals surface area (Å²) in [5.74, 6) is -0.791. The standard InChI is InChI=1S/C20H21Cl2N3O4/c1-3-23-20(27)13(2)24(12-15-16(21)8-6-9-17(15)22)19(26)11-14-7-4-5-10-18(14)25(28)29/h4-10,13H,3,11-12H2,1-2H3,(H,23,27)/t13-/m1/s1. The Morgan fingerprint density at radius 2 is 1.76 bits per heavy atom. The Morgan fingerprint density at radius 3 is 2.34 bits per heavy atom. The van der Waals surface area contributed by atoms with Crippen LogP contribution >= 0.6 is 23.2 Å². The van der Waals surface area contributed by atoms with Crippen molar-refractivity contribution in [2.75, 3.05) is 6.54 Å². The number of benzene rings is 2. The number of nitro groups is 1. The summed E-state index contributed by atoms with van der Waals surface area (Å²) in [6, 6.07) is 10.2. The van der Waals surface area contributed by atoms with Crippen LogP contribution in [0.25, 0.3) is 0 Å². The highest BCUT2D eigenvalue weighted by atomic mass is 35.5. The van der Waals surface area contributed by atoms with Gasteiger partial charge < -0.3 is 10.2 Å². The van der Waals surface area contributed by atoms with Crippen molar-refractivity contribution < 1.29 is 14.5 Å². The summed E-state index contributed by atoms with van der Waals surface area (Å²) in [4.78, 5) is 37.6. The number of halogens is 2. The molecule has 0 bridgehead atoms. The van der Waals surface area contributed by atoms with Crippen LogP contribution in [-0.4, -0.2) is 34.2 Å². The van der Waals surface area contributed by atoms with E-state index in [0.29, 0.717) is 22.2 Å². The molecule has 2 amide bonds. The first-order valence-corrected chi connectivity index (χ1v) is 9.74. The fraction of sp³-hybridized carbons (Fsp3) is 0.300. The molecule has 0 saturated carbocycles. The van der Waals surface area contributed by atoms with Crippen LogP contribution in [0.1, 0.15) is 25.0 Å². The monoisotopic (exact) mass is 437 g/mol. The average molecular weight is 438 g/mol. The Balaban J connectivity index is 2.38. The lowest BCUT2D eigenvalue weighted by Gasteiger charge is -2.29. The topological polar surface area (TPSA) is 92.6 Å². The molecule has 29 heavy (non-hydrogen) atoms. The third-order valence-corrected chi connectivity index (χ3v) is 5.15. The highest BCUT2D eigenvalue weighted by Crippen LogP contribution is 2.27. The van der Waals surface area contributed by atoms with Crippen molar-refractivity contribution in [2.24, 2.45) is 0 Å². The molecule has 2 aromatic rings. The number of nitrogens with one attached hydrogen (secondary N) is 1. The Hall–Kier alpha value is -2.64. The summed E-state index contributed by atoms with van der Waals surface area (Å²) in [6.07, 6.45) is -0.233. The molecule has 0 heterocycles. The fourth-order valence-electron chi connectivity index (χ4n) is 2.86. The number of rotatable bonds is 8. The van der Waals surface area contributed by atoms with E-state index in [9.17, 15) is 19.7 Å². The summed E-state index contributed by atoms with van der Waals surface area (Å²) in [6.45, 7) is 3.76. The number of nitro benzene ring substituents is 1. The maximum atomic E-state index is 13.1. The normalized spacial score (nSPS) is 11.6. The lowest BCUT2D eigenvalue weighted by atomic mass is 10.1. The molecule has 0 radical (unpaired) electrons. The maximum absolute atomic E-state index is 13.1. The van der Waals surface area contributed by atoms with E-state index in [4.69, 9.17) is 23.2 Å². The summed E-state index contributed by atoms with van der Waals surface area (Å²) in [7, 11) is 0. The van der Waals surface area contributed by atoms with Gasteiger partial charge in [0, 0.05) is 40.3 Å². The zero-order chi connectivity index (χ0) is 21.6. The van der Waals surface area contributed by atoms with Crippen LogP contribution in [0.5, 0.6) is 0 Å². The molecule has 154 valence electrons. The molecule has 1 N–H and O–H groups in total. The van der Waals surface area contributed by atoms with Gasteiger partial charge in [0.2, 0.25) is 11.8 Å². The van der Waals surface area contributed by atoms with Crippen LogP contribution in [0, 0.1) is 10.1 Å². The van der Waals surface area contributed by atoms with Crippen LogP contribution in [0.4, 0.5) is 5.69 Å². The highest BCUT2D eigenvalue weighted by Gasteiger charge is 2.28. The Morgan fingerprint density at radius 1 is 1.14 bits per heavy atom. The molecule has 0 aliphatic carbocycles. The summed E-state index contributed by atoms with van der Waals surface area (Å²) < 4.78 is 0. The van der Waals surface area contributed by atoms with Gasteiger partial charge in [-0.05, 0) is 26.0 Å². The number of para-hydroxylation sites is 1. The second kappa shape index (κ2) is 10.2. The first-order chi connectivity index (χ1) is 13.8. The third-order valence-electron chi connectivity index (χ3n) is 4.44. The fourth-order valence-corrected chi connectivity index (χ4v) is 3.38. The number of hydrogen-bond donors (Lipinski definition) is 1. The van der Waals surface area contributed by atoms with Crippen molar-refractivity contribution in [1.82, 2.24) is 10.2 Å². The molecule has 9 heteroatoms. The van der Waals surface area contributed by atoms with Crippen molar-refractivity contribution in [2.45, 2.75) is 32.9 Å². The number of carbonyl (C=O) groups excluding carboxylic acids is 2. The van der Waals surface area contributed by atoms with Crippen molar-refractivity contribution in [3.8, 4) is 0 Å². The lowest BCUT2D eigenvalue weighted by molar-refractivity contribution is -0.385. The second-order valence-corrected chi connectivity index (χ2v) is 7.17. The van der Waals surface area contributed by atoms with Gasteiger partial charge in [-0.2, -0.15) is 0 Å². The van der Waals surface area contributed by atoms with Gasteiger partial charge in [0.1, 0.15) is 6.04 Å². The summed E-state index contributed by atoms with van der Waals surface area (Å²) >= 11 is 12.5. The minimum absolute atomic E-state index is 0.00370.